The van der Waals surface area contributed by atoms with Gasteiger partial charge >= 0.3 is 5.97 Å². The van der Waals surface area contributed by atoms with Crippen LogP contribution in [0.25, 0.3) is 0 Å². The zero-order valence-electron chi connectivity index (χ0n) is 16.0. The van der Waals surface area contributed by atoms with Crippen molar-refractivity contribution in [2.24, 2.45) is 40.9 Å². The molecule has 2 unspecified atom stereocenters. The molecular formula is C20H28ClN3O4. The Kier molecular flexibility index (Phi) is 4.94. The molecule has 2 bridgehead atoms. The van der Waals surface area contributed by atoms with Crippen molar-refractivity contribution in [2.45, 2.75) is 39.2 Å². The van der Waals surface area contributed by atoms with Crippen LogP contribution in [0, 0.1) is 47.8 Å². The van der Waals surface area contributed by atoms with Gasteiger partial charge in [0, 0.05) is 6.07 Å². The Morgan fingerprint density at radius 3 is 2.64 bits per heavy atom. The second-order valence-corrected chi connectivity index (χ2v) is 9.00. The van der Waals surface area contributed by atoms with E-state index < -0.39 is 17.8 Å². The van der Waals surface area contributed by atoms with Crippen molar-refractivity contribution in [3.8, 4) is 0 Å². The van der Waals surface area contributed by atoms with E-state index in [0.29, 0.717) is 29.8 Å². The molecule has 2 heterocycles. The summed E-state index contributed by atoms with van der Waals surface area (Å²) in [5.41, 5.74) is 0.776. The van der Waals surface area contributed by atoms with Crippen molar-refractivity contribution in [2.75, 3.05) is 13.1 Å². The van der Waals surface area contributed by atoms with Crippen LogP contribution >= 0.6 is 12.4 Å². The average molecular weight is 410 g/mol. The number of aryl methyl sites for hydroxylation is 1. The van der Waals surface area contributed by atoms with E-state index in [2.05, 4.69) is 15.8 Å². The Hall–Kier alpha value is -1.60. The minimum Gasteiger partial charge on any atom is -0.481 e. The van der Waals surface area contributed by atoms with E-state index in [0.717, 1.165) is 32.4 Å². The quantitative estimate of drug-likeness (QED) is 0.687. The molecule has 4 fully saturated rings. The number of halogens is 1. The largest absolute Gasteiger partial charge is 0.481 e. The van der Waals surface area contributed by atoms with Gasteiger partial charge < -0.3 is 20.3 Å². The zero-order chi connectivity index (χ0) is 18.8. The second-order valence-electron chi connectivity index (χ2n) is 9.00. The molecular weight excluding hydrogens is 382 g/mol. The first-order valence-electron chi connectivity index (χ1n) is 10.2. The Morgan fingerprint density at radius 1 is 1.29 bits per heavy atom. The lowest BCUT2D eigenvalue weighted by Crippen LogP contribution is -2.41. The first-order valence-corrected chi connectivity index (χ1v) is 10.2. The van der Waals surface area contributed by atoms with Gasteiger partial charge in [-0.05, 0) is 74.8 Å². The van der Waals surface area contributed by atoms with Crippen LogP contribution in [-0.4, -0.2) is 35.2 Å². The molecule has 1 aliphatic heterocycles. The van der Waals surface area contributed by atoms with Crippen molar-refractivity contribution in [3.63, 3.8) is 0 Å². The fourth-order valence-corrected chi connectivity index (χ4v) is 6.97. The lowest BCUT2D eigenvalue weighted by molar-refractivity contribution is -0.149. The van der Waals surface area contributed by atoms with Gasteiger partial charge in [-0.1, -0.05) is 5.16 Å². The molecule has 28 heavy (non-hydrogen) atoms. The third-order valence-corrected chi connectivity index (χ3v) is 7.90. The first kappa shape index (κ1) is 19.7. The molecule has 154 valence electrons. The van der Waals surface area contributed by atoms with Gasteiger partial charge in [0.2, 0.25) is 5.91 Å². The van der Waals surface area contributed by atoms with E-state index in [1.165, 1.54) is 6.42 Å². The molecule has 0 aromatic carbocycles. The lowest BCUT2D eigenvalue weighted by Gasteiger charge is -2.26. The van der Waals surface area contributed by atoms with Gasteiger partial charge in [-0.3, -0.25) is 9.59 Å². The number of hydrogen-bond donors (Lipinski definition) is 3. The molecule has 1 aromatic rings. The molecule has 8 heteroatoms. The van der Waals surface area contributed by atoms with Crippen LogP contribution in [0.2, 0.25) is 0 Å². The first-order chi connectivity index (χ1) is 13.0. The Bertz CT molecular complexity index is 777. The standard InChI is InChI=1S/C20H27N3O4.ClH/c1-10-6-12(23-27-10)9-22-18(24)16-13-2-3-14(17(16)19(25)26)20(13)7-15(20)11-4-5-21-8-11;/h6,11,13-17,21H,2-5,7-9H2,1H3,(H,22,24)(H,25,26);1H/t11?,13-,14+,15?,16+,17+,20+;/m0./s1. The highest BCUT2D eigenvalue weighted by molar-refractivity contribution is 5.87. The van der Waals surface area contributed by atoms with E-state index in [1.54, 1.807) is 6.07 Å². The number of carbonyl (C=O) groups excluding carboxylic acids is 1. The van der Waals surface area contributed by atoms with E-state index in [1.807, 2.05) is 6.92 Å². The summed E-state index contributed by atoms with van der Waals surface area (Å²) in [5, 5.41) is 20.2. The normalized spacial score (nSPS) is 40.5. The monoisotopic (exact) mass is 409 g/mol. The highest BCUT2D eigenvalue weighted by Gasteiger charge is 2.77. The van der Waals surface area contributed by atoms with Gasteiger partial charge in [0.25, 0.3) is 0 Å². The lowest BCUT2D eigenvalue weighted by atomic mass is 9.78. The van der Waals surface area contributed by atoms with Crippen molar-refractivity contribution in [3.05, 3.63) is 17.5 Å². The summed E-state index contributed by atoms with van der Waals surface area (Å²) in [5.74, 6) is 0.469. The van der Waals surface area contributed by atoms with Crippen molar-refractivity contribution in [1.82, 2.24) is 15.8 Å². The SMILES string of the molecule is Cc1cc(CNC(=O)[C@H]2[C@H](C(=O)O)[C@H]3CC[C@@H]2[C@]32CC2C2CCNC2)no1.Cl. The van der Waals surface area contributed by atoms with Crippen LogP contribution in [0.15, 0.2) is 10.6 Å². The number of hydrogen-bond acceptors (Lipinski definition) is 5. The number of carboxylic acids is 1. The van der Waals surface area contributed by atoms with E-state index in [-0.39, 0.29) is 35.6 Å². The van der Waals surface area contributed by atoms with Crippen LogP contribution in [0.1, 0.15) is 37.1 Å². The van der Waals surface area contributed by atoms with Crippen LogP contribution in [-0.2, 0) is 16.1 Å². The summed E-state index contributed by atoms with van der Waals surface area (Å²) >= 11 is 0. The molecule has 3 N–H and O–H groups in total. The van der Waals surface area contributed by atoms with E-state index in [9.17, 15) is 14.7 Å². The molecule has 5 rings (SSSR count). The van der Waals surface area contributed by atoms with Crippen molar-refractivity contribution < 1.29 is 19.2 Å². The Labute approximate surface area is 170 Å². The number of nitrogens with zero attached hydrogens (tertiary/aromatic N) is 1. The van der Waals surface area contributed by atoms with Crippen LogP contribution in [0.5, 0.6) is 0 Å². The maximum atomic E-state index is 13.0. The van der Waals surface area contributed by atoms with Gasteiger partial charge in [0.05, 0.1) is 18.4 Å². The van der Waals surface area contributed by atoms with Crippen LogP contribution in [0.4, 0.5) is 0 Å². The molecule has 1 amide bonds. The molecule has 1 saturated heterocycles. The van der Waals surface area contributed by atoms with Gasteiger partial charge in [-0.25, -0.2) is 0 Å². The average Bonchev–Trinajstić information content (AvgIpc) is 3.06. The van der Waals surface area contributed by atoms with Crippen LogP contribution in [0.3, 0.4) is 0 Å². The minimum absolute atomic E-state index is 0. The summed E-state index contributed by atoms with van der Waals surface area (Å²) in [7, 11) is 0. The molecule has 3 aliphatic carbocycles. The van der Waals surface area contributed by atoms with E-state index >= 15 is 0 Å². The maximum absolute atomic E-state index is 13.0. The molecule has 1 aromatic heterocycles. The summed E-state index contributed by atoms with van der Waals surface area (Å²) in [6, 6.07) is 1.79. The van der Waals surface area contributed by atoms with Gasteiger partial charge in [0.1, 0.15) is 11.5 Å². The topological polar surface area (TPSA) is 104 Å². The molecule has 0 radical (unpaired) electrons. The minimum atomic E-state index is -0.797. The van der Waals surface area contributed by atoms with Gasteiger partial charge in [0.15, 0.2) is 0 Å². The molecule has 7 nitrogen and oxygen atoms in total. The number of nitrogens with one attached hydrogen (secondary N) is 2. The molecule has 1 spiro atoms. The highest BCUT2D eigenvalue weighted by Crippen LogP contribution is 2.79. The summed E-state index contributed by atoms with van der Waals surface area (Å²) < 4.78 is 5.04. The smallest absolute Gasteiger partial charge is 0.307 e. The number of aliphatic carboxylic acids is 1. The molecule has 7 atom stereocenters. The zero-order valence-corrected chi connectivity index (χ0v) is 16.8. The number of carbonyl (C=O) groups is 2. The Morgan fingerprint density at radius 2 is 2.04 bits per heavy atom. The predicted molar refractivity (Wildman–Crippen MR) is 103 cm³/mol. The van der Waals surface area contributed by atoms with Crippen molar-refractivity contribution >= 4 is 24.3 Å². The summed E-state index contributed by atoms with van der Waals surface area (Å²) in [4.78, 5) is 25.1. The van der Waals surface area contributed by atoms with Crippen LogP contribution < -0.4 is 10.6 Å². The highest BCUT2D eigenvalue weighted by atomic mass is 35.5. The number of aromatic nitrogens is 1. The second kappa shape index (κ2) is 7.02. The number of rotatable bonds is 5. The third kappa shape index (κ3) is 2.77. The maximum Gasteiger partial charge on any atom is 0.307 e. The number of amides is 1. The number of carboxylic acid groups (broad SMARTS) is 1. The van der Waals surface area contributed by atoms with Gasteiger partial charge in [-0.15, -0.1) is 12.4 Å². The fourth-order valence-electron chi connectivity index (χ4n) is 6.97. The molecule has 4 aliphatic rings. The summed E-state index contributed by atoms with van der Waals surface area (Å²) in [6.45, 7) is 4.21. The Balaban J connectivity index is 0.00000192. The van der Waals surface area contributed by atoms with Crippen molar-refractivity contribution in [1.29, 1.82) is 0 Å². The summed E-state index contributed by atoms with van der Waals surface area (Å²) in [6.07, 6.45) is 4.26. The predicted octanol–water partition coefficient (Wildman–Crippen LogP) is 1.99. The van der Waals surface area contributed by atoms with E-state index in [4.69, 9.17) is 4.52 Å². The third-order valence-electron chi connectivity index (χ3n) is 7.90. The van der Waals surface area contributed by atoms with Gasteiger partial charge in [-0.2, -0.15) is 0 Å². The molecule has 3 saturated carbocycles. The fraction of sp³-hybridized carbons (Fsp3) is 0.750.